The molecule has 0 saturated carbocycles. The van der Waals surface area contributed by atoms with E-state index in [0.29, 0.717) is 11.5 Å². The molecule has 0 saturated heterocycles. The average molecular weight is 350 g/mol. The van der Waals surface area contributed by atoms with E-state index in [0.717, 1.165) is 28.8 Å². The minimum atomic E-state index is -0.942. The number of benzene rings is 2. The second-order valence-corrected chi connectivity index (χ2v) is 6.83. The highest BCUT2D eigenvalue weighted by Gasteiger charge is 2.39. The van der Waals surface area contributed by atoms with Crippen molar-refractivity contribution in [2.45, 2.75) is 25.3 Å². The van der Waals surface area contributed by atoms with Gasteiger partial charge in [-0.2, -0.15) is 0 Å². The monoisotopic (exact) mass is 350 g/mol. The van der Waals surface area contributed by atoms with Crippen molar-refractivity contribution < 1.29 is 14.8 Å². The number of hydrogen-bond acceptors (Lipinski definition) is 4. The Morgan fingerprint density at radius 3 is 2.62 bits per heavy atom. The number of anilines is 1. The first-order valence-corrected chi connectivity index (χ1v) is 8.51. The summed E-state index contributed by atoms with van der Waals surface area (Å²) in [6.45, 7) is 1.82. The number of non-ortho nitro benzene ring substituents is 1. The SMILES string of the molecule is Cc1c(C(=O)O)ccc2c1N[C@@H](c1ccc([N+](=O)[O-])cc1)[C@H]1CC=C[C@@H]21. The van der Waals surface area contributed by atoms with E-state index >= 15 is 0 Å². The van der Waals surface area contributed by atoms with Gasteiger partial charge in [0, 0.05) is 23.7 Å². The smallest absolute Gasteiger partial charge is 0.336 e. The first-order valence-electron chi connectivity index (χ1n) is 8.51. The Labute approximate surface area is 150 Å². The lowest BCUT2D eigenvalue weighted by atomic mass is 9.76. The van der Waals surface area contributed by atoms with Crippen molar-refractivity contribution in [3.05, 3.63) is 80.9 Å². The van der Waals surface area contributed by atoms with Crippen molar-refractivity contribution >= 4 is 17.3 Å². The van der Waals surface area contributed by atoms with Crippen LogP contribution in [-0.4, -0.2) is 16.0 Å². The summed E-state index contributed by atoms with van der Waals surface area (Å²) in [7, 11) is 0. The fourth-order valence-corrected chi connectivity index (χ4v) is 4.18. The number of rotatable bonds is 3. The van der Waals surface area contributed by atoms with Gasteiger partial charge in [0.1, 0.15) is 0 Å². The van der Waals surface area contributed by atoms with Crippen molar-refractivity contribution in [2.75, 3.05) is 5.32 Å². The number of nitro groups is 1. The molecule has 0 fully saturated rings. The molecule has 0 unspecified atom stereocenters. The largest absolute Gasteiger partial charge is 0.478 e. The topological polar surface area (TPSA) is 92.5 Å². The molecule has 1 heterocycles. The zero-order chi connectivity index (χ0) is 18.4. The number of nitrogens with zero attached hydrogens (tertiary/aromatic N) is 1. The molecular weight excluding hydrogens is 332 g/mol. The number of hydrogen-bond donors (Lipinski definition) is 2. The van der Waals surface area contributed by atoms with E-state index in [1.165, 1.54) is 12.1 Å². The molecule has 0 spiro atoms. The van der Waals surface area contributed by atoms with E-state index in [9.17, 15) is 20.0 Å². The van der Waals surface area contributed by atoms with E-state index in [1.54, 1.807) is 18.2 Å². The molecule has 26 heavy (non-hydrogen) atoms. The highest BCUT2D eigenvalue weighted by molar-refractivity contribution is 5.92. The van der Waals surface area contributed by atoms with Gasteiger partial charge >= 0.3 is 5.97 Å². The minimum absolute atomic E-state index is 0.0222. The van der Waals surface area contributed by atoms with Crippen LogP contribution < -0.4 is 5.32 Å². The van der Waals surface area contributed by atoms with E-state index < -0.39 is 10.9 Å². The Morgan fingerprint density at radius 2 is 1.96 bits per heavy atom. The Morgan fingerprint density at radius 1 is 1.23 bits per heavy atom. The van der Waals surface area contributed by atoms with Gasteiger partial charge in [0.2, 0.25) is 0 Å². The second-order valence-electron chi connectivity index (χ2n) is 6.83. The molecule has 1 aliphatic heterocycles. The van der Waals surface area contributed by atoms with Crippen LogP contribution in [-0.2, 0) is 0 Å². The maximum Gasteiger partial charge on any atom is 0.336 e. The summed E-state index contributed by atoms with van der Waals surface area (Å²) >= 11 is 0. The Kier molecular flexibility index (Phi) is 3.76. The first kappa shape index (κ1) is 16.3. The molecule has 4 rings (SSSR count). The van der Waals surface area contributed by atoms with Crippen molar-refractivity contribution in [2.24, 2.45) is 5.92 Å². The lowest BCUT2D eigenvalue weighted by Gasteiger charge is -2.38. The summed E-state index contributed by atoms with van der Waals surface area (Å²) in [5.74, 6) is -0.421. The average Bonchev–Trinajstić information content (AvgIpc) is 3.11. The van der Waals surface area contributed by atoms with Gasteiger partial charge < -0.3 is 10.4 Å². The van der Waals surface area contributed by atoms with Gasteiger partial charge in [-0.1, -0.05) is 30.4 Å². The lowest BCUT2D eigenvalue weighted by Crippen LogP contribution is -2.30. The molecular formula is C20H18N2O4. The third-order valence-corrected chi connectivity index (χ3v) is 5.49. The fraction of sp³-hybridized carbons (Fsp3) is 0.250. The number of nitro benzene ring substituents is 1. The van der Waals surface area contributed by atoms with Crippen LogP contribution in [0.5, 0.6) is 0 Å². The quantitative estimate of drug-likeness (QED) is 0.485. The van der Waals surface area contributed by atoms with Gasteiger partial charge in [0.15, 0.2) is 0 Å². The van der Waals surface area contributed by atoms with Gasteiger partial charge in [0.05, 0.1) is 16.5 Å². The molecule has 2 N–H and O–H groups in total. The summed E-state index contributed by atoms with van der Waals surface area (Å²) in [5.41, 5.74) is 4.03. The molecule has 1 aliphatic carbocycles. The number of carboxylic acids is 1. The molecule has 3 atom stereocenters. The Bertz CT molecular complexity index is 934. The molecule has 6 heteroatoms. The number of nitrogens with one attached hydrogen (secondary N) is 1. The highest BCUT2D eigenvalue weighted by atomic mass is 16.6. The predicted molar refractivity (Wildman–Crippen MR) is 97.6 cm³/mol. The van der Waals surface area contributed by atoms with Crippen LogP contribution in [0, 0.1) is 23.0 Å². The summed E-state index contributed by atoms with van der Waals surface area (Å²) in [5, 5.41) is 23.8. The summed E-state index contributed by atoms with van der Waals surface area (Å²) in [6, 6.07) is 10.2. The van der Waals surface area contributed by atoms with Crippen LogP contribution in [0.15, 0.2) is 48.6 Å². The van der Waals surface area contributed by atoms with Crippen LogP contribution in [0.25, 0.3) is 0 Å². The van der Waals surface area contributed by atoms with Crippen LogP contribution in [0.3, 0.4) is 0 Å². The predicted octanol–water partition coefficient (Wildman–Crippen LogP) is 4.43. The van der Waals surface area contributed by atoms with Crippen LogP contribution in [0.4, 0.5) is 11.4 Å². The fourth-order valence-electron chi connectivity index (χ4n) is 4.18. The van der Waals surface area contributed by atoms with Gasteiger partial charge in [-0.15, -0.1) is 0 Å². The highest BCUT2D eigenvalue weighted by Crippen LogP contribution is 2.51. The number of aromatic carboxylic acids is 1. The second kappa shape index (κ2) is 5.98. The molecule has 2 aliphatic rings. The molecule has 6 nitrogen and oxygen atoms in total. The molecule has 2 aromatic carbocycles. The third kappa shape index (κ3) is 2.45. The third-order valence-electron chi connectivity index (χ3n) is 5.49. The Hall–Kier alpha value is -3.15. The van der Waals surface area contributed by atoms with Crippen LogP contribution in [0.2, 0.25) is 0 Å². The standard InChI is InChI=1S/C20H18N2O4/c1-11-14(20(23)24)9-10-17-15-3-2-4-16(15)19(21-18(11)17)12-5-7-13(8-6-12)22(25)26/h2-3,5-10,15-16,19,21H,4H2,1H3,(H,23,24)/t15-,16+,19+/m1/s1. The van der Waals surface area contributed by atoms with E-state index in [2.05, 4.69) is 17.5 Å². The van der Waals surface area contributed by atoms with Crippen molar-refractivity contribution in [3.63, 3.8) is 0 Å². The zero-order valence-corrected chi connectivity index (χ0v) is 14.2. The number of carboxylic acid groups (broad SMARTS) is 1. The maximum absolute atomic E-state index is 11.5. The summed E-state index contributed by atoms with van der Waals surface area (Å²) < 4.78 is 0. The molecule has 0 amide bonds. The van der Waals surface area contributed by atoms with E-state index in [4.69, 9.17) is 0 Å². The van der Waals surface area contributed by atoms with Crippen molar-refractivity contribution in [1.82, 2.24) is 0 Å². The Balaban J connectivity index is 1.78. The molecule has 2 aromatic rings. The summed E-state index contributed by atoms with van der Waals surface area (Å²) in [4.78, 5) is 22.0. The minimum Gasteiger partial charge on any atom is -0.478 e. The van der Waals surface area contributed by atoms with Crippen molar-refractivity contribution in [1.29, 1.82) is 0 Å². The van der Waals surface area contributed by atoms with E-state index in [-0.39, 0.29) is 17.6 Å². The number of allylic oxidation sites excluding steroid dienone is 2. The molecule has 0 bridgehead atoms. The normalized spacial score (nSPS) is 23.0. The zero-order valence-electron chi connectivity index (χ0n) is 14.2. The number of carbonyl (C=O) groups is 1. The number of fused-ring (bicyclic) bond motifs is 3. The first-order chi connectivity index (χ1) is 12.5. The van der Waals surface area contributed by atoms with Crippen LogP contribution >= 0.6 is 0 Å². The molecule has 0 radical (unpaired) electrons. The van der Waals surface area contributed by atoms with Gasteiger partial charge in [-0.25, -0.2) is 4.79 Å². The summed E-state index contributed by atoms with van der Waals surface area (Å²) in [6.07, 6.45) is 5.26. The van der Waals surface area contributed by atoms with Gasteiger partial charge in [-0.3, -0.25) is 10.1 Å². The lowest BCUT2D eigenvalue weighted by molar-refractivity contribution is -0.384. The van der Waals surface area contributed by atoms with Crippen molar-refractivity contribution in [3.8, 4) is 0 Å². The molecule has 132 valence electrons. The van der Waals surface area contributed by atoms with E-state index in [1.807, 2.05) is 13.0 Å². The van der Waals surface area contributed by atoms with Gasteiger partial charge in [-0.05, 0) is 42.0 Å². The molecule has 0 aromatic heterocycles. The maximum atomic E-state index is 11.5. The van der Waals surface area contributed by atoms with Crippen LogP contribution in [0.1, 0.15) is 45.4 Å². The van der Waals surface area contributed by atoms with Gasteiger partial charge in [0.25, 0.3) is 5.69 Å².